The minimum atomic E-state index is -1.11. The number of para-hydroxylation sites is 2. The Bertz CT molecular complexity index is 999. The number of aromatic carboxylic acids is 1. The third-order valence-electron chi connectivity index (χ3n) is 3.57. The van der Waals surface area contributed by atoms with E-state index in [1.807, 2.05) is 53.1 Å². The lowest BCUT2D eigenvalue weighted by Crippen LogP contribution is -1.95. The molecule has 0 atom stereocenters. The van der Waals surface area contributed by atoms with Crippen molar-refractivity contribution in [1.29, 1.82) is 0 Å². The molecule has 6 heteroatoms. The van der Waals surface area contributed by atoms with Crippen molar-refractivity contribution in [3.63, 3.8) is 0 Å². The van der Waals surface area contributed by atoms with Gasteiger partial charge in [0, 0.05) is 11.3 Å². The number of imidazole rings is 1. The topological polar surface area (TPSA) is 81.1 Å². The predicted octanol–water partition coefficient (Wildman–Crippen LogP) is 3.38. The number of nitrogens with zero attached hydrogens (tertiary/aromatic N) is 3. The second-order valence-corrected chi connectivity index (χ2v) is 4.99. The van der Waals surface area contributed by atoms with Crippen molar-refractivity contribution in [1.82, 2.24) is 14.5 Å². The van der Waals surface area contributed by atoms with Gasteiger partial charge < -0.3 is 9.52 Å². The van der Waals surface area contributed by atoms with Crippen LogP contribution in [0.4, 0.5) is 0 Å². The lowest BCUT2D eigenvalue weighted by atomic mass is 10.2. The number of rotatable bonds is 3. The van der Waals surface area contributed by atoms with E-state index >= 15 is 0 Å². The molecule has 0 amide bonds. The molecule has 0 saturated heterocycles. The van der Waals surface area contributed by atoms with Crippen LogP contribution in [-0.2, 0) is 0 Å². The minimum absolute atomic E-state index is 0.107. The van der Waals surface area contributed by atoms with Gasteiger partial charge in [-0.25, -0.2) is 14.8 Å². The molecule has 0 radical (unpaired) electrons. The number of carboxylic acid groups (broad SMARTS) is 1. The maximum Gasteiger partial charge on any atom is 0.357 e. The van der Waals surface area contributed by atoms with E-state index in [2.05, 4.69) is 9.97 Å². The van der Waals surface area contributed by atoms with Gasteiger partial charge >= 0.3 is 5.97 Å². The molecule has 4 rings (SSSR count). The highest BCUT2D eigenvalue weighted by atomic mass is 16.4. The molecule has 0 unspecified atom stereocenters. The molecule has 2 aromatic heterocycles. The van der Waals surface area contributed by atoms with Crippen LogP contribution in [0.3, 0.4) is 0 Å². The van der Waals surface area contributed by atoms with Crippen molar-refractivity contribution < 1.29 is 14.3 Å². The molecule has 0 aliphatic heterocycles. The third kappa shape index (κ3) is 2.26. The number of carbonyl (C=O) groups is 1. The molecule has 0 bridgehead atoms. The van der Waals surface area contributed by atoms with Crippen LogP contribution in [0, 0.1) is 0 Å². The third-order valence-corrected chi connectivity index (χ3v) is 3.57. The Morgan fingerprint density at radius 2 is 1.87 bits per heavy atom. The highest BCUT2D eigenvalue weighted by Crippen LogP contribution is 2.23. The van der Waals surface area contributed by atoms with Crippen LogP contribution in [0.5, 0.6) is 0 Å². The molecule has 0 aliphatic carbocycles. The van der Waals surface area contributed by atoms with Gasteiger partial charge in [0.05, 0.1) is 11.0 Å². The van der Waals surface area contributed by atoms with Gasteiger partial charge in [-0.3, -0.25) is 4.57 Å². The van der Waals surface area contributed by atoms with Crippen molar-refractivity contribution in [3.8, 4) is 17.1 Å². The highest BCUT2D eigenvalue weighted by molar-refractivity contribution is 5.85. The summed E-state index contributed by atoms with van der Waals surface area (Å²) < 4.78 is 7.19. The van der Waals surface area contributed by atoms with Crippen molar-refractivity contribution in [2.75, 3.05) is 0 Å². The first-order chi connectivity index (χ1) is 11.2. The lowest BCUT2D eigenvalue weighted by molar-refractivity contribution is 0.0690. The fraction of sp³-hybridized carbons (Fsp3) is 0. The summed E-state index contributed by atoms with van der Waals surface area (Å²) in [4.78, 5) is 19.1. The maximum atomic E-state index is 10.8. The van der Waals surface area contributed by atoms with Gasteiger partial charge in [-0.05, 0) is 36.4 Å². The Hall–Kier alpha value is -3.41. The van der Waals surface area contributed by atoms with Gasteiger partial charge in [0.1, 0.15) is 12.6 Å². The first-order valence-electron chi connectivity index (χ1n) is 6.94. The molecule has 2 aromatic carbocycles. The van der Waals surface area contributed by atoms with Crippen LogP contribution in [0.1, 0.15) is 10.5 Å². The Morgan fingerprint density at radius 3 is 2.61 bits per heavy atom. The summed E-state index contributed by atoms with van der Waals surface area (Å²) in [5, 5.41) is 8.88. The maximum absolute atomic E-state index is 10.8. The molecule has 6 nitrogen and oxygen atoms in total. The van der Waals surface area contributed by atoms with E-state index in [1.165, 1.54) is 0 Å². The molecular formula is C17H11N3O3. The number of hydrogen-bond acceptors (Lipinski definition) is 4. The van der Waals surface area contributed by atoms with E-state index < -0.39 is 5.97 Å². The zero-order chi connectivity index (χ0) is 15.8. The number of hydrogen-bond donors (Lipinski definition) is 1. The summed E-state index contributed by atoms with van der Waals surface area (Å²) in [5.74, 6) is -0.828. The normalized spacial score (nSPS) is 11.0. The van der Waals surface area contributed by atoms with E-state index in [-0.39, 0.29) is 11.6 Å². The molecule has 112 valence electrons. The molecule has 23 heavy (non-hydrogen) atoms. The van der Waals surface area contributed by atoms with Crippen LogP contribution in [0.25, 0.3) is 28.2 Å². The summed E-state index contributed by atoms with van der Waals surface area (Å²) in [5.41, 5.74) is 3.50. The summed E-state index contributed by atoms with van der Waals surface area (Å²) in [6, 6.07) is 15.4. The zero-order valence-corrected chi connectivity index (χ0v) is 11.9. The molecule has 4 aromatic rings. The van der Waals surface area contributed by atoms with Crippen LogP contribution in [0.15, 0.2) is 65.5 Å². The van der Waals surface area contributed by atoms with E-state index in [1.54, 1.807) is 6.33 Å². The lowest BCUT2D eigenvalue weighted by Gasteiger charge is -2.04. The average Bonchev–Trinajstić information content (AvgIpc) is 3.22. The van der Waals surface area contributed by atoms with Crippen LogP contribution < -0.4 is 0 Å². The van der Waals surface area contributed by atoms with Crippen LogP contribution in [-0.4, -0.2) is 25.6 Å². The van der Waals surface area contributed by atoms with Gasteiger partial charge in [-0.1, -0.05) is 12.1 Å². The quantitative estimate of drug-likeness (QED) is 0.627. The Labute approximate surface area is 130 Å². The molecule has 0 fully saturated rings. The number of aromatic nitrogens is 3. The standard InChI is InChI=1S/C17H11N3O3/c21-17(22)14-9-23-16(19-14)11-5-7-12(8-6-11)20-10-18-13-3-1-2-4-15(13)20/h1-10H,(H,21,22). The molecular weight excluding hydrogens is 294 g/mol. The minimum Gasteiger partial charge on any atom is -0.476 e. The smallest absolute Gasteiger partial charge is 0.357 e. The van der Waals surface area contributed by atoms with Crippen LogP contribution in [0.2, 0.25) is 0 Å². The Kier molecular flexibility index (Phi) is 2.94. The number of carboxylic acids is 1. The number of benzene rings is 2. The van der Waals surface area contributed by atoms with Crippen molar-refractivity contribution >= 4 is 17.0 Å². The highest BCUT2D eigenvalue weighted by Gasteiger charge is 2.12. The molecule has 1 N–H and O–H groups in total. The predicted molar refractivity (Wildman–Crippen MR) is 83.5 cm³/mol. The van der Waals surface area contributed by atoms with Gasteiger partial charge in [0.25, 0.3) is 0 Å². The molecule has 0 spiro atoms. The first kappa shape index (κ1) is 13.3. The Balaban J connectivity index is 1.71. The fourth-order valence-corrected chi connectivity index (χ4v) is 2.43. The molecule has 2 heterocycles. The average molecular weight is 305 g/mol. The summed E-state index contributed by atoms with van der Waals surface area (Å²) in [6.45, 7) is 0. The van der Waals surface area contributed by atoms with Gasteiger partial charge in [0.15, 0.2) is 5.69 Å². The SMILES string of the molecule is O=C(O)c1coc(-c2ccc(-n3cnc4ccccc43)cc2)n1. The number of oxazole rings is 1. The van der Waals surface area contributed by atoms with E-state index in [0.717, 1.165) is 23.0 Å². The second-order valence-electron chi connectivity index (χ2n) is 4.99. The Morgan fingerprint density at radius 1 is 1.09 bits per heavy atom. The van der Waals surface area contributed by atoms with Gasteiger partial charge in [-0.2, -0.15) is 0 Å². The van der Waals surface area contributed by atoms with E-state index in [9.17, 15) is 4.79 Å². The van der Waals surface area contributed by atoms with Crippen molar-refractivity contribution in [3.05, 3.63) is 66.8 Å². The largest absolute Gasteiger partial charge is 0.476 e. The number of fused-ring (bicyclic) bond motifs is 1. The van der Waals surface area contributed by atoms with Gasteiger partial charge in [0.2, 0.25) is 5.89 Å². The summed E-state index contributed by atoms with van der Waals surface area (Å²) in [7, 11) is 0. The van der Waals surface area contributed by atoms with Crippen LogP contribution >= 0.6 is 0 Å². The van der Waals surface area contributed by atoms with Crippen molar-refractivity contribution in [2.45, 2.75) is 0 Å². The monoisotopic (exact) mass is 305 g/mol. The summed E-state index contributed by atoms with van der Waals surface area (Å²) in [6.07, 6.45) is 2.91. The molecule has 0 aliphatic rings. The molecule has 0 saturated carbocycles. The summed E-state index contributed by atoms with van der Waals surface area (Å²) >= 11 is 0. The second kappa shape index (κ2) is 5.10. The van der Waals surface area contributed by atoms with E-state index in [4.69, 9.17) is 9.52 Å². The zero-order valence-electron chi connectivity index (χ0n) is 11.9. The van der Waals surface area contributed by atoms with Crippen molar-refractivity contribution in [2.24, 2.45) is 0 Å². The van der Waals surface area contributed by atoms with Gasteiger partial charge in [-0.15, -0.1) is 0 Å². The first-order valence-corrected chi connectivity index (χ1v) is 6.94. The van der Waals surface area contributed by atoms with E-state index in [0.29, 0.717) is 5.56 Å². The fourth-order valence-electron chi connectivity index (χ4n) is 2.43.